The number of anilines is 1. The summed E-state index contributed by atoms with van der Waals surface area (Å²) in [6.07, 6.45) is -0.445. The third-order valence-corrected chi connectivity index (χ3v) is 4.25. The number of nitrogens with zero attached hydrogens (tertiary/aromatic N) is 2. The molecule has 0 aliphatic carbocycles. The van der Waals surface area contributed by atoms with Crippen LogP contribution in [0, 0.1) is 0 Å². The molecule has 3 rings (SSSR count). The van der Waals surface area contributed by atoms with Crippen molar-refractivity contribution in [3.05, 3.63) is 24.3 Å². The lowest BCUT2D eigenvalue weighted by atomic mass is 10.2. The Balaban J connectivity index is 1.59. The van der Waals surface area contributed by atoms with Gasteiger partial charge in [-0.3, -0.25) is 14.4 Å². The fraction of sp³-hybridized carbons (Fsp3) is 0.471. The van der Waals surface area contributed by atoms with Crippen LogP contribution in [0.25, 0.3) is 0 Å². The third-order valence-electron chi connectivity index (χ3n) is 4.25. The molecule has 8 heteroatoms. The fourth-order valence-electron chi connectivity index (χ4n) is 3.03. The predicted molar refractivity (Wildman–Crippen MR) is 87.5 cm³/mol. The summed E-state index contributed by atoms with van der Waals surface area (Å²) in [6, 6.07) is 7.21. The summed E-state index contributed by atoms with van der Waals surface area (Å²) < 4.78 is 10.8. The molecule has 2 aliphatic rings. The second-order valence-corrected chi connectivity index (χ2v) is 5.98. The van der Waals surface area contributed by atoms with E-state index in [0.717, 1.165) is 0 Å². The third kappa shape index (κ3) is 4.08. The van der Waals surface area contributed by atoms with Crippen LogP contribution in [-0.2, 0) is 19.1 Å². The molecule has 1 saturated heterocycles. The van der Waals surface area contributed by atoms with E-state index in [0.29, 0.717) is 24.6 Å². The van der Waals surface area contributed by atoms with Gasteiger partial charge in [0, 0.05) is 26.1 Å². The molecule has 1 N–H and O–H groups in total. The zero-order valence-electron chi connectivity index (χ0n) is 13.7. The number of ether oxygens (including phenoxy) is 2. The fourth-order valence-corrected chi connectivity index (χ4v) is 3.03. The summed E-state index contributed by atoms with van der Waals surface area (Å²) in [5, 5.41) is 8.85. The summed E-state index contributed by atoms with van der Waals surface area (Å²) >= 11 is 0. The molecule has 0 unspecified atom stereocenters. The van der Waals surface area contributed by atoms with Crippen LogP contribution in [0.5, 0.6) is 5.75 Å². The molecule has 0 bridgehead atoms. The number of fused-ring (bicyclic) bond motifs is 1. The Labute approximate surface area is 144 Å². The first kappa shape index (κ1) is 17.2. The van der Waals surface area contributed by atoms with Gasteiger partial charge in [0.15, 0.2) is 6.61 Å². The van der Waals surface area contributed by atoms with Crippen molar-refractivity contribution in [2.24, 2.45) is 0 Å². The van der Waals surface area contributed by atoms with Crippen LogP contribution in [0.3, 0.4) is 0 Å². The molecular weight excluding hydrogens is 328 g/mol. The van der Waals surface area contributed by atoms with E-state index in [1.54, 1.807) is 21.9 Å². The van der Waals surface area contributed by atoms with Gasteiger partial charge in [0.2, 0.25) is 5.91 Å². The maximum Gasteiger partial charge on any atom is 0.306 e. The topological polar surface area (TPSA) is 96.4 Å². The average molecular weight is 348 g/mol. The molecule has 134 valence electrons. The number of benzene rings is 1. The van der Waals surface area contributed by atoms with E-state index in [2.05, 4.69) is 0 Å². The van der Waals surface area contributed by atoms with Crippen LogP contribution in [0.1, 0.15) is 12.8 Å². The monoisotopic (exact) mass is 348 g/mol. The van der Waals surface area contributed by atoms with Crippen molar-refractivity contribution >= 4 is 23.5 Å². The smallest absolute Gasteiger partial charge is 0.306 e. The van der Waals surface area contributed by atoms with Crippen LogP contribution < -0.4 is 9.64 Å². The largest absolute Gasteiger partial charge is 0.482 e. The second kappa shape index (κ2) is 7.52. The summed E-state index contributed by atoms with van der Waals surface area (Å²) in [5.74, 6) is -0.620. The van der Waals surface area contributed by atoms with Gasteiger partial charge in [-0.1, -0.05) is 12.1 Å². The lowest BCUT2D eigenvalue weighted by Crippen LogP contribution is -2.47. The van der Waals surface area contributed by atoms with Gasteiger partial charge in [-0.2, -0.15) is 0 Å². The molecule has 0 aromatic heterocycles. The first-order chi connectivity index (χ1) is 12.0. The van der Waals surface area contributed by atoms with E-state index in [4.69, 9.17) is 14.6 Å². The van der Waals surface area contributed by atoms with Crippen molar-refractivity contribution < 1.29 is 29.0 Å². The van der Waals surface area contributed by atoms with Crippen molar-refractivity contribution in [3.8, 4) is 5.75 Å². The Hall–Kier alpha value is -2.61. The van der Waals surface area contributed by atoms with Crippen molar-refractivity contribution in [3.63, 3.8) is 0 Å². The van der Waals surface area contributed by atoms with Gasteiger partial charge in [-0.15, -0.1) is 0 Å². The van der Waals surface area contributed by atoms with Crippen molar-refractivity contribution in [1.82, 2.24) is 4.90 Å². The highest BCUT2D eigenvalue weighted by atomic mass is 16.5. The Morgan fingerprint density at radius 1 is 1.28 bits per heavy atom. The maximum atomic E-state index is 12.4. The number of aliphatic carboxylic acids is 1. The standard InChI is InChI=1S/C17H20N2O6/c20-15(18-7-8-24-12(10-18)9-17(22)23)5-6-19-13-3-1-2-4-14(13)25-11-16(19)21/h1-4,12H,5-11H2,(H,22,23)/t12-/m1/s1. The molecule has 1 atom stereocenters. The predicted octanol–water partition coefficient (Wildman–Crippen LogP) is 0.504. The quantitative estimate of drug-likeness (QED) is 0.833. The Kier molecular flexibility index (Phi) is 5.18. The van der Waals surface area contributed by atoms with Gasteiger partial charge < -0.3 is 24.4 Å². The van der Waals surface area contributed by atoms with Crippen LogP contribution in [0.4, 0.5) is 5.69 Å². The highest BCUT2D eigenvalue weighted by Gasteiger charge is 2.28. The molecule has 0 spiro atoms. The molecule has 2 heterocycles. The van der Waals surface area contributed by atoms with E-state index in [9.17, 15) is 14.4 Å². The Morgan fingerprint density at radius 2 is 2.08 bits per heavy atom. The Bertz CT molecular complexity index is 677. The SMILES string of the molecule is O=C(O)C[C@@H]1CN(C(=O)CCN2C(=O)COc3ccccc32)CCO1. The lowest BCUT2D eigenvalue weighted by molar-refractivity contribution is -0.147. The minimum Gasteiger partial charge on any atom is -0.482 e. The maximum absolute atomic E-state index is 12.4. The first-order valence-electron chi connectivity index (χ1n) is 8.18. The van der Waals surface area contributed by atoms with Crippen molar-refractivity contribution in [1.29, 1.82) is 0 Å². The van der Waals surface area contributed by atoms with Gasteiger partial charge in [0.1, 0.15) is 5.75 Å². The van der Waals surface area contributed by atoms with Gasteiger partial charge in [0.05, 0.1) is 24.8 Å². The summed E-state index contributed by atoms with van der Waals surface area (Å²) in [4.78, 5) is 38.5. The molecule has 8 nitrogen and oxygen atoms in total. The van der Waals surface area contributed by atoms with Crippen molar-refractivity contribution in [2.45, 2.75) is 18.9 Å². The molecule has 1 aromatic rings. The minimum absolute atomic E-state index is 0.0383. The second-order valence-electron chi connectivity index (χ2n) is 5.98. The number of carbonyl (C=O) groups excluding carboxylic acids is 2. The highest BCUT2D eigenvalue weighted by Crippen LogP contribution is 2.31. The van der Waals surface area contributed by atoms with Gasteiger partial charge in [-0.25, -0.2) is 0 Å². The normalized spacial score (nSPS) is 20.0. The first-order valence-corrected chi connectivity index (χ1v) is 8.18. The average Bonchev–Trinajstić information content (AvgIpc) is 2.60. The molecule has 1 fully saturated rings. The molecule has 0 radical (unpaired) electrons. The number of rotatable bonds is 5. The van der Waals surface area contributed by atoms with Crippen LogP contribution in [0.2, 0.25) is 0 Å². The molecule has 25 heavy (non-hydrogen) atoms. The van der Waals surface area contributed by atoms with E-state index in [-0.39, 0.29) is 44.4 Å². The zero-order valence-corrected chi connectivity index (χ0v) is 13.7. The van der Waals surface area contributed by atoms with Crippen LogP contribution in [-0.4, -0.2) is 66.7 Å². The number of carbonyl (C=O) groups is 3. The van der Waals surface area contributed by atoms with E-state index in [1.807, 2.05) is 12.1 Å². The number of para-hydroxylation sites is 2. The van der Waals surface area contributed by atoms with E-state index < -0.39 is 12.1 Å². The summed E-state index contributed by atoms with van der Waals surface area (Å²) in [5.41, 5.74) is 0.664. The van der Waals surface area contributed by atoms with Crippen molar-refractivity contribution in [2.75, 3.05) is 37.7 Å². The molecule has 2 amide bonds. The van der Waals surface area contributed by atoms with Crippen LogP contribution >= 0.6 is 0 Å². The zero-order chi connectivity index (χ0) is 17.8. The van der Waals surface area contributed by atoms with E-state index >= 15 is 0 Å². The number of hydrogen-bond donors (Lipinski definition) is 1. The molecule has 2 aliphatic heterocycles. The molecular formula is C17H20N2O6. The lowest BCUT2D eigenvalue weighted by Gasteiger charge is -2.33. The molecule has 1 aromatic carbocycles. The number of amides is 2. The van der Waals surface area contributed by atoms with Gasteiger partial charge >= 0.3 is 5.97 Å². The highest BCUT2D eigenvalue weighted by molar-refractivity contribution is 5.98. The molecule has 0 saturated carbocycles. The number of hydrogen-bond acceptors (Lipinski definition) is 5. The number of morpholine rings is 1. The Morgan fingerprint density at radius 3 is 2.88 bits per heavy atom. The van der Waals surface area contributed by atoms with Crippen LogP contribution in [0.15, 0.2) is 24.3 Å². The minimum atomic E-state index is -0.949. The summed E-state index contributed by atoms with van der Waals surface area (Å²) in [7, 11) is 0. The van der Waals surface area contributed by atoms with E-state index in [1.165, 1.54) is 0 Å². The number of carboxylic acid groups (broad SMARTS) is 1. The number of carboxylic acids is 1. The van der Waals surface area contributed by atoms with Gasteiger partial charge in [0.25, 0.3) is 5.91 Å². The summed E-state index contributed by atoms with van der Waals surface area (Å²) in [6.45, 7) is 1.24. The van der Waals surface area contributed by atoms with Gasteiger partial charge in [-0.05, 0) is 12.1 Å².